The molecule has 2 heterocycles. The zero-order valence-corrected chi connectivity index (χ0v) is 13.9. The average molecular weight is 331 g/mol. The fourth-order valence-corrected chi connectivity index (χ4v) is 2.46. The normalized spacial score (nSPS) is 20.7. The zero-order valence-electron chi connectivity index (χ0n) is 13.0. The van der Waals surface area contributed by atoms with Crippen molar-refractivity contribution in [2.45, 2.75) is 45.2 Å². The average Bonchev–Trinajstić information content (AvgIpc) is 3.05. The number of carboxylic acids is 1. The van der Waals surface area contributed by atoms with Gasteiger partial charge in [0.05, 0.1) is 5.69 Å². The first-order valence-corrected chi connectivity index (χ1v) is 7.24. The molecule has 1 aromatic heterocycles. The third-order valence-electron chi connectivity index (χ3n) is 3.84. The van der Waals surface area contributed by atoms with E-state index in [1.54, 1.807) is 10.7 Å². The van der Waals surface area contributed by atoms with Crippen LogP contribution in [0.25, 0.3) is 0 Å². The van der Waals surface area contributed by atoms with Crippen molar-refractivity contribution in [3.63, 3.8) is 0 Å². The van der Waals surface area contributed by atoms with Gasteiger partial charge in [0.25, 0.3) is 5.91 Å². The lowest BCUT2D eigenvalue weighted by Gasteiger charge is -2.24. The smallest absolute Gasteiger partial charge is 0.330 e. The molecule has 1 saturated heterocycles. The molecule has 1 aliphatic rings. The van der Waals surface area contributed by atoms with Crippen molar-refractivity contribution in [1.82, 2.24) is 20.4 Å². The maximum Gasteiger partial charge on any atom is 0.330 e. The minimum Gasteiger partial charge on any atom is -0.479 e. The van der Waals surface area contributed by atoms with Crippen LogP contribution in [0.1, 0.15) is 49.3 Å². The van der Waals surface area contributed by atoms with Crippen molar-refractivity contribution in [2.24, 2.45) is 0 Å². The molecule has 0 aromatic carbocycles. The van der Waals surface area contributed by atoms with E-state index in [-0.39, 0.29) is 30.8 Å². The Morgan fingerprint density at radius 3 is 2.68 bits per heavy atom. The fourth-order valence-electron chi connectivity index (χ4n) is 2.46. The van der Waals surface area contributed by atoms with Crippen molar-refractivity contribution in [2.75, 3.05) is 13.1 Å². The van der Waals surface area contributed by atoms with Crippen LogP contribution in [-0.4, -0.2) is 45.4 Å². The summed E-state index contributed by atoms with van der Waals surface area (Å²) in [7, 11) is 0. The summed E-state index contributed by atoms with van der Waals surface area (Å²) in [5, 5.41) is 19.4. The molecule has 0 aliphatic carbocycles. The maximum absolute atomic E-state index is 12.5. The number of aliphatic carboxylic acids is 1. The second kappa shape index (κ2) is 7.11. The van der Waals surface area contributed by atoms with Crippen molar-refractivity contribution in [3.8, 4) is 0 Å². The van der Waals surface area contributed by atoms with E-state index in [2.05, 4.69) is 15.7 Å². The Bertz CT molecular complexity index is 550. The quantitative estimate of drug-likeness (QED) is 0.748. The number of carboxylic acid groups (broad SMARTS) is 1. The van der Waals surface area contributed by atoms with Crippen LogP contribution >= 0.6 is 12.4 Å². The van der Waals surface area contributed by atoms with Gasteiger partial charge in [-0.15, -0.1) is 12.4 Å². The van der Waals surface area contributed by atoms with Gasteiger partial charge in [0.15, 0.2) is 5.54 Å². The van der Waals surface area contributed by atoms with Crippen molar-refractivity contribution < 1.29 is 14.7 Å². The van der Waals surface area contributed by atoms with Gasteiger partial charge in [0, 0.05) is 13.1 Å². The van der Waals surface area contributed by atoms with Gasteiger partial charge in [-0.2, -0.15) is 5.10 Å². The molecule has 1 aliphatic heterocycles. The molecule has 1 unspecified atom stereocenters. The molecule has 1 fully saturated rings. The Kier molecular flexibility index (Phi) is 5.96. The first kappa shape index (κ1) is 18.4. The van der Waals surface area contributed by atoms with Crippen LogP contribution in [0.15, 0.2) is 6.07 Å². The van der Waals surface area contributed by atoms with Gasteiger partial charge in [-0.25, -0.2) is 4.79 Å². The second-order valence-electron chi connectivity index (χ2n) is 5.69. The Labute approximate surface area is 135 Å². The van der Waals surface area contributed by atoms with E-state index in [0.29, 0.717) is 25.2 Å². The van der Waals surface area contributed by atoms with Crippen molar-refractivity contribution in [3.05, 3.63) is 17.5 Å². The highest BCUT2D eigenvalue weighted by atomic mass is 35.5. The first-order valence-electron chi connectivity index (χ1n) is 7.24. The minimum atomic E-state index is -1.22. The van der Waals surface area contributed by atoms with E-state index >= 15 is 0 Å². The summed E-state index contributed by atoms with van der Waals surface area (Å²) >= 11 is 0. The zero-order chi connectivity index (χ0) is 15.6. The molecular weight excluding hydrogens is 308 g/mol. The van der Waals surface area contributed by atoms with Gasteiger partial charge >= 0.3 is 5.97 Å². The van der Waals surface area contributed by atoms with Gasteiger partial charge < -0.3 is 15.7 Å². The molecule has 0 saturated carbocycles. The van der Waals surface area contributed by atoms with Gasteiger partial charge in [-0.05, 0) is 31.9 Å². The molecule has 1 aromatic rings. The van der Waals surface area contributed by atoms with Gasteiger partial charge in [0.1, 0.15) is 5.69 Å². The predicted octanol–water partition coefficient (Wildman–Crippen LogP) is 0.995. The Morgan fingerprint density at radius 1 is 1.55 bits per heavy atom. The number of halogens is 1. The summed E-state index contributed by atoms with van der Waals surface area (Å²) in [6, 6.07) is 1.74. The highest BCUT2D eigenvalue weighted by Gasteiger charge is 2.43. The van der Waals surface area contributed by atoms with E-state index in [4.69, 9.17) is 0 Å². The first-order chi connectivity index (χ1) is 9.89. The number of aryl methyl sites for hydroxylation is 1. The topological polar surface area (TPSA) is 96.2 Å². The number of hydrogen-bond donors (Lipinski definition) is 3. The number of rotatable bonds is 5. The molecule has 0 bridgehead atoms. The second-order valence-corrected chi connectivity index (χ2v) is 5.69. The molecule has 7 nitrogen and oxygen atoms in total. The van der Waals surface area contributed by atoms with Gasteiger partial charge in [0.2, 0.25) is 0 Å². The largest absolute Gasteiger partial charge is 0.479 e. The van der Waals surface area contributed by atoms with Crippen LogP contribution in [0.3, 0.4) is 0 Å². The minimum absolute atomic E-state index is 0. The molecule has 1 amide bonds. The van der Waals surface area contributed by atoms with Crippen LogP contribution in [0.4, 0.5) is 0 Å². The lowest BCUT2D eigenvalue weighted by molar-refractivity contribution is -0.143. The molecule has 1 atom stereocenters. The van der Waals surface area contributed by atoms with Crippen LogP contribution in [-0.2, 0) is 11.3 Å². The van der Waals surface area contributed by atoms with E-state index < -0.39 is 11.5 Å². The third-order valence-corrected chi connectivity index (χ3v) is 3.84. The highest BCUT2D eigenvalue weighted by Crippen LogP contribution is 2.18. The number of nitrogens with one attached hydrogen (secondary N) is 2. The van der Waals surface area contributed by atoms with Crippen molar-refractivity contribution >= 4 is 24.3 Å². The van der Waals surface area contributed by atoms with Crippen LogP contribution in [0.5, 0.6) is 0 Å². The molecule has 22 heavy (non-hydrogen) atoms. The molecule has 0 spiro atoms. The summed E-state index contributed by atoms with van der Waals surface area (Å²) in [5.74, 6) is -1.18. The van der Waals surface area contributed by atoms with Crippen molar-refractivity contribution in [1.29, 1.82) is 0 Å². The standard InChI is InChI=1S/C14H22N4O3.ClH/c1-4-18-11(7-10(17-18)9(2)3)12(19)16-14(13(20)21)5-6-15-8-14;/h7,9,15H,4-6,8H2,1-3H3,(H,16,19)(H,20,21);1H. The summed E-state index contributed by atoms with van der Waals surface area (Å²) in [5.41, 5.74) is 0.0161. The Balaban J connectivity index is 0.00000242. The number of aromatic nitrogens is 2. The van der Waals surface area contributed by atoms with Crippen LogP contribution in [0.2, 0.25) is 0 Å². The molecular formula is C14H23ClN4O3. The third kappa shape index (κ3) is 3.41. The number of nitrogens with zero attached hydrogens (tertiary/aromatic N) is 2. The SMILES string of the molecule is CCn1nc(C(C)C)cc1C(=O)NC1(C(=O)O)CCNC1.Cl. The predicted molar refractivity (Wildman–Crippen MR) is 84.6 cm³/mol. The van der Waals surface area contributed by atoms with Crippen LogP contribution in [0, 0.1) is 0 Å². The summed E-state index contributed by atoms with van der Waals surface area (Å²) in [6.45, 7) is 7.29. The lowest BCUT2D eigenvalue weighted by Crippen LogP contribution is -2.56. The van der Waals surface area contributed by atoms with E-state index in [0.717, 1.165) is 5.69 Å². The lowest BCUT2D eigenvalue weighted by atomic mass is 9.98. The molecule has 2 rings (SSSR count). The highest BCUT2D eigenvalue weighted by molar-refractivity contribution is 5.97. The van der Waals surface area contributed by atoms with Gasteiger partial charge in [-0.1, -0.05) is 13.8 Å². The maximum atomic E-state index is 12.5. The summed E-state index contributed by atoms with van der Waals surface area (Å²) in [4.78, 5) is 23.9. The fraction of sp³-hybridized carbons (Fsp3) is 0.643. The number of carbonyl (C=O) groups excluding carboxylic acids is 1. The molecule has 3 N–H and O–H groups in total. The van der Waals surface area contributed by atoms with E-state index in [1.165, 1.54) is 0 Å². The number of hydrogen-bond acceptors (Lipinski definition) is 4. The summed E-state index contributed by atoms with van der Waals surface area (Å²) in [6.07, 6.45) is 0.380. The molecule has 0 radical (unpaired) electrons. The Hall–Kier alpha value is -1.60. The van der Waals surface area contributed by atoms with Crippen LogP contribution < -0.4 is 10.6 Å². The summed E-state index contributed by atoms with van der Waals surface area (Å²) < 4.78 is 1.61. The van der Waals surface area contributed by atoms with E-state index in [9.17, 15) is 14.7 Å². The number of carbonyl (C=O) groups is 2. The monoisotopic (exact) mass is 330 g/mol. The number of amides is 1. The van der Waals surface area contributed by atoms with E-state index in [1.807, 2.05) is 20.8 Å². The molecule has 8 heteroatoms. The Morgan fingerprint density at radius 2 is 2.23 bits per heavy atom. The molecule has 124 valence electrons. The van der Waals surface area contributed by atoms with Gasteiger partial charge in [-0.3, -0.25) is 9.48 Å².